The number of carbonyl (C=O) groups excluding carboxylic acids is 2. The second-order valence-electron chi connectivity index (χ2n) is 5.65. The van der Waals surface area contributed by atoms with Crippen LogP contribution in [0, 0.1) is 25.7 Å². The Morgan fingerprint density at radius 2 is 1.58 bits per heavy atom. The van der Waals surface area contributed by atoms with Crippen molar-refractivity contribution in [1.82, 2.24) is 0 Å². The summed E-state index contributed by atoms with van der Waals surface area (Å²) in [5.74, 6) is -0.369. The number of imide groups is 1. The monoisotopic (exact) mass is 258 g/mol. The van der Waals surface area contributed by atoms with E-state index in [-0.39, 0.29) is 23.7 Å². The Kier molecular flexibility index (Phi) is 2.62. The largest absolute Gasteiger partial charge is 0.397 e. The van der Waals surface area contributed by atoms with Crippen LogP contribution in [0.1, 0.15) is 30.4 Å². The average molecular weight is 258 g/mol. The maximum atomic E-state index is 12.4. The van der Waals surface area contributed by atoms with E-state index in [2.05, 4.69) is 0 Å². The van der Waals surface area contributed by atoms with Crippen molar-refractivity contribution in [3.63, 3.8) is 0 Å². The second kappa shape index (κ2) is 4.08. The van der Waals surface area contributed by atoms with Crippen molar-refractivity contribution in [2.75, 3.05) is 10.6 Å². The molecule has 2 atom stereocenters. The number of nitrogens with zero attached hydrogens (tertiary/aromatic N) is 1. The predicted octanol–water partition coefficient (Wildman–Crippen LogP) is 2.18. The zero-order valence-corrected chi connectivity index (χ0v) is 11.3. The molecule has 2 amide bonds. The molecule has 1 saturated heterocycles. The summed E-state index contributed by atoms with van der Waals surface area (Å²) in [6, 6.07) is 3.68. The van der Waals surface area contributed by atoms with E-state index in [0.29, 0.717) is 11.4 Å². The first-order valence-corrected chi connectivity index (χ1v) is 6.75. The van der Waals surface area contributed by atoms with Gasteiger partial charge in [0.25, 0.3) is 0 Å². The van der Waals surface area contributed by atoms with Gasteiger partial charge in [-0.25, -0.2) is 4.90 Å². The van der Waals surface area contributed by atoms with Crippen molar-refractivity contribution in [2.24, 2.45) is 11.8 Å². The van der Waals surface area contributed by atoms with E-state index in [1.54, 1.807) is 0 Å². The maximum Gasteiger partial charge on any atom is 0.237 e. The van der Waals surface area contributed by atoms with Crippen LogP contribution in [-0.2, 0) is 9.59 Å². The molecule has 1 aromatic rings. The number of nitrogens with two attached hydrogens (primary N) is 1. The molecular formula is C15H18N2O2. The van der Waals surface area contributed by atoms with E-state index >= 15 is 0 Å². The third-order valence-corrected chi connectivity index (χ3v) is 4.48. The Morgan fingerprint density at radius 1 is 1.05 bits per heavy atom. The Balaban J connectivity index is 2.06. The van der Waals surface area contributed by atoms with Crippen molar-refractivity contribution in [3.8, 4) is 0 Å². The zero-order chi connectivity index (χ0) is 13.7. The smallest absolute Gasteiger partial charge is 0.237 e. The lowest BCUT2D eigenvalue weighted by Gasteiger charge is -2.19. The normalized spacial score (nSPS) is 26.1. The summed E-state index contributed by atoms with van der Waals surface area (Å²) >= 11 is 0. The molecule has 2 N–H and O–H groups in total. The highest BCUT2D eigenvalue weighted by atomic mass is 16.2. The molecule has 1 heterocycles. The van der Waals surface area contributed by atoms with Crippen LogP contribution in [0.5, 0.6) is 0 Å². The van der Waals surface area contributed by atoms with Gasteiger partial charge in [-0.15, -0.1) is 0 Å². The van der Waals surface area contributed by atoms with Gasteiger partial charge in [0.1, 0.15) is 0 Å². The highest BCUT2D eigenvalue weighted by Crippen LogP contribution is 2.43. The molecule has 1 saturated carbocycles. The number of hydrogen-bond donors (Lipinski definition) is 1. The van der Waals surface area contributed by atoms with Gasteiger partial charge < -0.3 is 5.73 Å². The van der Waals surface area contributed by atoms with Gasteiger partial charge in [0, 0.05) is 0 Å². The van der Waals surface area contributed by atoms with Gasteiger partial charge in [-0.2, -0.15) is 0 Å². The third kappa shape index (κ3) is 1.66. The molecule has 0 radical (unpaired) electrons. The van der Waals surface area contributed by atoms with Crippen molar-refractivity contribution in [1.29, 1.82) is 0 Å². The lowest BCUT2D eigenvalue weighted by atomic mass is 10.00. The van der Waals surface area contributed by atoms with Gasteiger partial charge in [-0.05, 0) is 49.9 Å². The summed E-state index contributed by atoms with van der Waals surface area (Å²) < 4.78 is 0. The van der Waals surface area contributed by atoms with Crippen molar-refractivity contribution >= 4 is 23.2 Å². The van der Waals surface area contributed by atoms with Crippen LogP contribution in [0.2, 0.25) is 0 Å². The Bertz CT molecular complexity index is 558. The minimum absolute atomic E-state index is 0.0672. The molecule has 4 heteroatoms. The number of amides is 2. The Hall–Kier alpha value is -1.84. The van der Waals surface area contributed by atoms with Gasteiger partial charge >= 0.3 is 0 Å². The molecule has 3 rings (SSSR count). The number of rotatable bonds is 1. The topological polar surface area (TPSA) is 63.4 Å². The summed E-state index contributed by atoms with van der Waals surface area (Å²) in [5, 5.41) is 0. The SMILES string of the molecule is Cc1cc(N)c(N2C(=O)C3CCCC3C2=O)cc1C. The molecule has 2 unspecified atom stereocenters. The van der Waals surface area contributed by atoms with Gasteiger partial charge in [0.15, 0.2) is 0 Å². The quantitative estimate of drug-likeness (QED) is 0.620. The standard InChI is InChI=1S/C15H18N2O2/c1-8-6-12(16)13(7-9(8)2)17-14(18)10-4-3-5-11(10)15(17)19/h6-7,10-11H,3-5,16H2,1-2H3. The summed E-state index contributed by atoms with van der Waals surface area (Å²) in [4.78, 5) is 26.1. The van der Waals surface area contributed by atoms with E-state index in [9.17, 15) is 9.59 Å². The van der Waals surface area contributed by atoms with E-state index in [1.165, 1.54) is 4.90 Å². The van der Waals surface area contributed by atoms with Crippen LogP contribution in [0.25, 0.3) is 0 Å². The van der Waals surface area contributed by atoms with Crippen LogP contribution < -0.4 is 10.6 Å². The summed E-state index contributed by atoms with van der Waals surface area (Å²) in [5.41, 5.74) is 9.18. The fourth-order valence-corrected chi connectivity index (χ4v) is 3.25. The molecule has 1 aliphatic heterocycles. The molecule has 2 aliphatic rings. The summed E-state index contributed by atoms with van der Waals surface area (Å²) in [7, 11) is 0. The Morgan fingerprint density at radius 3 is 2.16 bits per heavy atom. The molecule has 0 bridgehead atoms. The minimum atomic E-state index is -0.117. The van der Waals surface area contributed by atoms with Crippen LogP contribution >= 0.6 is 0 Å². The molecule has 0 aromatic heterocycles. The number of anilines is 2. The van der Waals surface area contributed by atoms with E-state index in [1.807, 2.05) is 26.0 Å². The number of aryl methyl sites for hydroxylation is 2. The minimum Gasteiger partial charge on any atom is -0.397 e. The third-order valence-electron chi connectivity index (χ3n) is 4.48. The number of carbonyl (C=O) groups is 2. The summed E-state index contributed by atoms with van der Waals surface area (Å²) in [6.07, 6.45) is 2.63. The van der Waals surface area contributed by atoms with Crippen LogP contribution in [-0.4, -0.2) is 11.8 Å². The fourth-order valence-electron chi connectivity index (χ4n) is 3.25. The highest BCUT2D eigenvalue weighted by molar-refractivity contribution is 6.23. The molecule has 100 valence electrons. The molecule has 1 aliphatic carbocycles. The van der Waals surface area contributed by atoms with Crippen molar-refractivity contribution in [2.45, 2.75) is 33.1 Å². The number of hydrogen-bond acceptors (Lipinski definition) is 3. The number of benzene rings is 1. The van der Waals surface area contributed by atoms with Gasteiger partial charge in [0.2, 0.25) is 11.8 Å². The molecular weight excluding hydrogens is 240 g/mol. The van der Waals surface area contributed by atoms with Crippen LogP contribution in [0.15, 0.2) is 12.1 Å². The molecule has 0 spiro atoms. The highest BCUT2D eigenvalue weighted by Gasteiger charge is 2.50. The number of fused-ring (bicyclic) bond motifs is 1. The fraction of sp³-hybridized carbons (Fsp3) is 0.467. The van der Waals surface area contributed by atoms with Gasteiger partial charge in [-0.3, -0.25) is 9.59 Å². The lowest BCUT2D eigenvalue weighted by molar-refractivity contribution is -0.122. The first-order chi connectivity index (χ1) is 9.00. The number of nitrogen functional groups attached to an aromatic ring is 1. The average Bonchev–Trinajstić information content (AvgIpc) is 2.91. The first-order valence-electron chi connectivity index (χ1n) is 6.75. The first kappa shape index (κ1) is 12.2. The summed E-state index contributed by atoms with van der Waals surface area (Å²) in [6.45, 7) is 3.93. The van der Waals surface area contributed by atoms with Crippen LogP contribution in [0.3, 0.4) is 0 Å². The predicted molar refractivity (Wildman–Crippen MR) is 73.7 cm³/mol. The van der Waals surface area contributed by atoms with Crippen molar-refractivity contribution in [3.05, 3.63) is 23.3 Å². The van der Waals surface area contributed by atoms with E-state index in [0.717, 1.165) is 30.4 Å². The van der Waals surface area contributed by atoms with Gasteiger partial charge in [0.05, 0.1) is 23.2 Å². The zero-order valence-electron chi connectivity index (χ0n) is 11.3. The van der Waals surface area contributed by atoms with Gasteiger partial charge in [-0.1, -0.05) is 6.42 Å². The molecule has 2 fully saturated rings. The molecule has 1 aromatic carbocycles. The van der Waals surface area contributed by atoms with Crippen molar-refractivity contribution < 1.29 is 9.59 Å². The Labute approximate surface area is 112 Å². The lowest BCUT2D eigenvalue weighted by Crippen LogP contribution is -2.32. The van der Waals surface area contributed by atoms with E-state index < -0.39 is 0 Å². The van der Waals surface area contributed by atoms with E-state index in [4.69, 9.17) is 5.73 Å². The second-order valence-corrected chi connectivity index (χ2v) is 5.65. The molecule has 19 heavy (non-hydrogen) atoms. The molecule has 4 nitrogen and oxygen atoms in total. The van der Waals surface area contributed by atoms with Crippen LogP contribution in [0.4, 0.5) is 11.4 Å². The maximum absolute atomic E-state index is 12.4.